The highest BCUT2D eigenvalue weighted by atomic mass is 32.3. The van der Waals surface area contributed by atoms with Crippen molar-refractivity contribution in [2.45, 2.75) is 59.7 Å². The fourth-order valence-electron chi connectivity index (χ4n) is 1.72. The fraction of sp³-hybridized carbons (Fsp3) is 1.00. The van der Waals surface area contributed by atoms with E-state index >= 15 is 0 Å². The van der Waals surface area contributed by atoms with E-state index < -0.39 is 70.2 Å². The molecule has 0 fully saturated rings. The van der Waals surface area contributed by atoms with Crippen LogP contribution in [0.1, 0.15) is 0 Å². The van der Waals surface area contributed by atoms with Crippen molar-refractivity contribution in [1.82, 2.24) is 0 Å². The van der Waals surface area contributed by atoms with E-state index in [1.807, 2.05) is 0 Å². The molecular formula is C10F22O3S. The lowest BCUT2D eigenvalue weighted by Crippen LogP contribution is -2.77. The molecule has 218 valence electrons. The third-order valence-electron chi connectivity index (χ3n) is 3.69. The highest BCUT2D eigenvalue weighted by Gasteiger charge is 2.98. The van der Waals surface area contributed by atoms with Crippen molar-refractivity contribution in [2.75, 3.05) is 0 Å². The first kappa shape index (κ1) is 34.4. The highest BCUT2D eigenvalue weighted by molar-refractivity contribution is 7.81. The molecule has 0 saturated carbocycles. The number of alkyl halides is 21. The molecule has 26 heteroatoms. The van der Waals surface area contributed by atoms with E-state index in [9.17, 15) is 105 Å². The van der Waals surface area contributed by atoms with Crippen LogP contribution < -0.4 is 0 Å². The molecule has 0 amide bonds. The Hall–Kier alpha value is -1.63. The summed E-state index contributed by atoms with van der Waals surface area (Å²) < 4.78 is 303. The molecule has 0 unspecified atom stereocenters. The molecule has 0 heterocycles. The summed E-state index contributed by atoms with van der Waals surface area (Å²) in [5, 5.41) is 0. The first-order valence-electron chi connectivity index (χ1n) is 7.08. The third kappa shape index (κ3) is 4.37. The van der Waals surface area contributed by atoms with Crippen molar-refractivity contribution >= 4 is 10.5 Å². The molecule has 36 heavy (non-hydrogen) atoms. The predicted octanol–water partition coefficient (Wildman–Crippen LogP) is 6.45. The second-order valence-electron chi connectivity index (χ2n) is 6.09. The van der Waals surface area contributed by atoms with Gasteiger partial charge in [-0.15, -0.1) is 0 Å². The SMILES string of the molecule is O=S(=O)(F)OC(F)(F)C(F)(F)C(F)(F)C(F)(F)C(F)(F)C(F)(F)C(F)(F)C(F)(F)C(F)(F)C(F)(F)F. The molecule has 0 aliphatic heterocycles. The zero-order valence-corrected chi connectivity index (χ0v) is 15.8. The van der Waals surface area contributed by atoms with Crippen LogP contribution in [0.15, 0.2) is 0 Å². The maximum absolute atomic E-state index is 13.3. The van der Waals surface area contributed by atoms with Gasteiger partial charge in [-0.2, -0.15) is 105 Å². The van der Waals surface area contributed by atoms with Gasteiger partial charge in [-0.25, -0.2) is 0 Å². The Morgan fingerprint density at radius 2 is 0.556 bits per heavy atom. The van der Waals surface area contributed by atoms with Crippen LogP contribution in [0, 0.1) is 0 Å². The van der Waals surface area contributed by atoms with Gasteiger partial charge < -0.3 is 0 Å². The topological polar surface area (TPSA) is 43.4 Å². The van der Waals surface area contributed by atoms with E-state index in [0.29, 0.717) is 0 Å². The summed E-state index contributed by atoms with van der Waals surface area (Å²) in [6.45, 7) is 0. The maximum atomic E-state index is 13.3. The van der Waals surface area contributed by atoms with Gasteiger partial charge in [0.15, 0.2) is 0 Å². The number of halogens is 22. The normalized spacial score (nSPS) is 16.9. The van der Waals surface area contributed by atoms with Crippen LogP contribution in [0.5, 0.6) is 0 Å². The molecule has 0 rings (SSSR count). The number of hydrogen-bond acceptors (Lipinski definition) is 3. The first-order valence-corrected chi connectivity index (χ1v) is 8.39. The minimum absolute atomic E-state index is 1.26. The Morgan fingerprint density at radius 3 is 0.750 bits per heavy atom. The molecule has 0 N–H and O–H groups in total. The second kappa shape index (κ2) is 8.18. The summed E-state index contributed by atoms with van der Waals surface area (Å²) in [7, 11) is -7.66. The van der Waals surface area contributed by atoms with Crippen molar-refractivity contribution in [3.8, 4) is 0 Å². The van der Waals surface area contributed by atoms with Gasteiger partial charge in [0.05, 0.1) is 0 Å². The lowest BCUT2D eigenvalue weighted by atomic mass is 9.87. The number of rotatable bonds is 10. The zero-order chi connectivity index (χ0) is 30.2. The van der Waals surface area contributed by atoms with Crippen LogP contribution in [-0.2, 0) is 14.7 Å². The van der Waals surface area contributed by atoms with Gasteiger partial charge in [-0.3, -0.25) is 0 Å². The van der Waals surface area contributed by atoms with E-state index in [4.69, 9.17) is 0 Å². The molecule has 3 nitrogen and oxygen atoms in total. The van der Waals surface area contributed by atoms with Crippen LogP contribution in [-0.4, -0.2) is 68.1 Å². The molecule has 0 aromatic heterocycles. The summed E-state index contributed by atoms with van der Waals surface area (Å²) in [6.07, 6.45) is -16.1. The van der Waals surface area contributed by atoms with Crippen molar-refractivity contribution in [3.63, 3.8) is 0 Å². The molecule has 0 bridgehead atoms. The van der Waals surface area contributed by atoms with Crippen molar-refractivity contribution in [2.24, 2.45) is 0 Å². The second-order valence-corrected chi connectivity index (χ2v) is 7.04. The van der Waals surface area contributed by atoms with E-state index in [0.717, 1.165) is 0 Å². The van der Waals surface area contributed by atoms with Gasteiger partial charge in [-0.1, -0.05) is 3.89 Å². The summed E-state index contributed by atoms with van der Waals surface area (Å²) in [4.78, 5) is 0. The van der Waals surface area contributed by atoms with Gasteiger partial charge in [-0.05, 0) is 0 Å². The Kier molecular flexibility index (Phi) is 7.81. The molecule has 0 spiro atoms. The lowest BCUT2D eigenvalue weighted by Gasteiger charge is -2.44. The van der Waals surface area contributed by atoms with Crippen LogP contribution >= 0.6 is 0 Å². The summed E-state index contributed by atoms with van der Waals surface area (Å²) in [5.74, 6) is -72.7. The third-order valence-corrected chi connectivity index (χ3v) is 4.09. The van der Waals surface area contributed by atoms with Gasteiger partial charge in [0.2, 0.25) is 0 Å². The van der Waals surface area contributed by atoms with Crippen LogP contribution in [0.2, 0.25) is 0 Å². The average molecular weight is 618 g/mol. The molecule has 0 aromatic carbocycles. The Bertz CT molecular complexity index is 928. The molecule has 0 aliphatic rings. The molecule has 0 radical (unpaired) electrons. The summed E-state index contributed by atoms with van der Waals surface area (Å²) >= 11 is 0. The predicted molar refractivity (Wildman–Crippen MR) is 61.7 cm³/mol. The fourth-order valence-corrected chi connectivity index (χ4v) is 2.08. The van der Waals surface area contributed by atoms with E-state index in [-0.39, 0.29) is 0 Å². The van der Waals surface area contributed by atoms with Crippen LogP contribution in [0.4, 0.5) is 96.1 Å². The van der Waals surface area contributed by atoms with Crippen molar-refractivity contribution in [1.29, 1.82) is 0 Å². The van der Waals surface area contributed by atoms with Crippen molar-refractivity contribution < 1.29 is 109 Å². The summed E-state index contributed by atoms with van der Waals surface area (Å²) in [5.41, 5.74) is 0. The quantitative estimate of drug-likeness (QED) is 0.209. The molecule has 0 saturated heterocycles. The maximum Gasteiger partial charge on any atom is 0.460 e. The zero-order valence-electron chi connectivity index (χ0n) is 14.9. The lowest BCUT2D eigenvalue weighted by molar-refractivity contribution is -0.480. The van der Waals surface area contributed by atoms with Gasteiger partial charge >= 0.3 is 70.2 Å². The van der Waals surface area contributed by atoms with E-state index in [1.165, 1.54) is 4.18 Å². The van der Waals surface area contributed by atoms with E-state index in [1.54, 1.807) is 0 Å². The largest absolute Gasteiger partial charge is 0.460 e. The molecule has 0 aromatic rings. The Balaban J connectivity index is 7.11. The monoisotopic (exact) mass is 618 g/mol. The number of hydrogen-bond donors (Lipinski definition) is 0. The van der Waals surface area contributed by atoms with Crippen LogP contribution in [0.3, 0.4) is 0 Å². The van der Waals surface area contributed by atoms with Gasteiger partial charge in [0, 0.05) is 0 Å². The summed E-state index contributed by atoms with van der Waals surface area (Å²) in [6, 6.07) is 0. The standard InChI is InChI=1S/C10F22O3S/c11-1(12,3(15,16)5(19,20)7(23,24)9(27,28)29)2(13,14)4(17,18)6(21,22)8(25,26)10(30,31)35-36(32,33)34. The van der Waals surface area contributed by atoms with Gasteiger partial charge in [0.1, 0.15) is 0 Å². The Morgan fingerprint density at radius 1 is 0.361 bits per heavy atom. The highest BCUT2D eigenvalue weighted by Crippen LogP contribution is 2.66. The Labute approximate surface area is 180 Å². The average Bonchev–Trinajstić information content (AvgIpc) is 2.57. The first-order chi connectivity index (χ1) is 15.0. The smallest absolute Gasteiger partial charge is 0.192 e. The van der Waals surface area contributed by atoms with Crippen molar-refractivity contribution in [3.05, 3.63) is 0 Å². The van der Waals surface area contributed by atoms with E-state index in [2.05, 4.69) is 0 Å². The molecular weight excluding hydrogens is 618 g/mol. The van der Waals surface area contributed by atoms with Crippen LogP contribution in [0.25, 0.3) is 0 Å². The minimum atomic E-state index is -9.40. The molecule has 0 aliphatic carbocycles. The molecule has 0 atom stereocenters. The van der Waals surface area contributed by atoms with Gasteiger partial charge in [0.25, 0.3) is 0 Å². The minimum Gasteiger partial charge on any atom is -0.192 e.